The van der Waals surface area contributed by atoms with Crippen molar-refractivity contribution in [1.82, 2.24) is 10.2 Å². The molecule has 1 aliphatic rings. The van der Waals surface area contributed by atoms with Gasteiger partial charge in [-0.05, 0) is 33.9 Å². The second-order valence-electron chi connectivity index (χ2n) is 3.96. The smallest absolute Gasteiger partial charge is 0.188 e. The van der Waals surface area contributed by atoms with Gasteiger partial charge in [0.1, 0.15) is 0 Å². The lowest BCUT2D eigenvalue weighted by Gasteiger charge is -2.17. The van der Waals surface area contributed by atoms with Gasteiger partial charge < -0.3 is 16.0 Å². The summed E-state index contributed by atoms with van der Waals surface area (Å²) in [6.07, 6.45) is 2.47. The van der Waals surface area contributed by atoms with Gasteiger partial charge >= 0.3 is 0 Å². The number of likely N-dealkylation sites (N-methyl/N-ethyl adjacent to an activating group) is 1. The Labute approximate surface area is 80.2 Å². The van der Waals surface area contributed by atoms with Crippen LogP contribution in [0.3, 0.4) is 0 Å². The topological polar surface area (TPSA) is 53.6 Å². The highest BCUT2D eigenvalue weighted by molar-refractivity contribution is 5.78. The molecule has 1 atom stereocenters. The van der Waals surface area contributed by atoms with Crippen molar-refractivity contribution in [3.63, 3.8) is 0 Å². The molecular weight excluding hydrogens is 164 g/mol. The highest BCUT2D eigenvalue weighted by Crippen LogP contribution is 2.17. The Morgan fingerprint density at radius 3 is 2.69 bits per heavy atom. The zero-order valence-electron chi connectivity index (χ0n) is 8.75. The zero-order valence-corrected chi connectivity index (χ0v) is 8.75. The van der Waals surface area contributed by atoms with Crippen LogP contribution < -0.4 is 11.1 Å². The second-order valence-corrected chi connectivity index (χ2v) is 3.96. The fraction of sp³-hybridized carbons (Fsp3) is 0.889. The van der Waals surface area contributed by atoms with Crippen molar-refractivity contribution < 1.29 is 0 Å². The van der Waals surface area contributed by atoms with E-state index in [4.69, 9.17) is 5.73 Å². The van der Waals surface area contributed by atoms with Crippen LogP contribution in [0.5, 0.6) is 0 Å². The Morgan fingerprint density at radius 1 is 1.62 bits per heavy atom. The van der Waals surface area contributed by atoms with Crippen LogP contribution in [0.15, 0.2) is 4.99 Å². The summed E-state index contributed by atoms with van der Waals surface area (Å²) in [6, 6.07) is 1.04. The molecule has 4 nitrogen and oxygen atoms in total. The first-order valence-electron chi connectivity index (χ1n) is 4.82. The van der Waals surface area contributed by atoms with Crippen molar-refractivity contribution in [2.24, 2.45) is 10.7 Å². The van der Waals surface area contributed by atoms with Gasteiger partial charge in [-0.15, -0.1) is 0 Å². The molecule has 0 bridgehead atoms. The highest BCUT2D eigenvalue weighted by Gasteiger charge is 2.21. The summed E-state index contributed by atoms with van der Waals surface area (Å²) >= 11 is 0. The molecule has 0 spiro atoms. The number of rotatable bonds is 4. The minimum Gasteiger partial charge on any atom is -0.370 e. The lowest BCUT2D eigenvalue weighted by molar-refractivity contribution is 0.321. The Morgan fingerprint density at radius 2 is 2.23 bits per heavy atom. The summed E-state index contributed by atoms with van der Waals surface area (Å²) in [5.74, 6) is 0.594. The van der Waals surface area contributed by atoms with E-state index in [0.29, 0.717) is 18.0 Å². The molecule has 0 aromatic rings. The van der Waals surface area contributed by atoms with Crippen molar-refractivity contribution in [2.75, 3.05) is 20.6 Å². The lowest BCUT2D eigenvalue weighted by atomic mass is 10.3. The molecule has 0 heterocycles. The van der Waals surface area contributed by atoms with E-state index in [-0.39, 0.29) is 0 Å². The van der Waals surface area contributed by atoms with E-state index in [0.717, 1.165) is 6.54 Å². The van der Waals surface area contributed by atoms with E-state index < -0.39 is 0 Å². The summed E-state index contributed by atoms with van der Waals surface area (Å²) in [6.45, 7) is 2.90. The Hall–Kier alpha value is -0.770. The lowest BCUT2D eigenvalue weighted by Crippen LogP contribution is -2.35. The molecule has 4 heteroatoms. The molecular formula is C9H20N4. The molecule has 0 aromatic heterocycles. The van der Waals surface area contributed by atoms with Gasteiger partial charge in [-0.1, -0.05) is 0 Å². The maximum absolute atomic E-state index is 5.68. The summed E-state index contributed by atoms with van der Waals surface area (Å²) in [5.41, 5.74) is 5.68. The van der Waals surface area contributed by atoms with Crippen LogP contribution in [0.2, 0.25) is 0 Å². The first kappa shape index (κ1) is 10.3. The second kappa shape index (κ2) is 4.46. The standard InChI is InChI=1S/C9H20N4/c1-7(13(2)3)6-11-9(10)12-8-4-5-8/h7-8H,4-6H2,1-3H3,(H3,10,11,12). The quantitative estimate of drug-likeness (QED) is 0.478. The third-order valence-corrected chi connectivity index (χ3v) is 2.34. The molecule has 1 unspecified atom stereocenters. The van der Waals surface area contributed by atoms with Gasteiger partial charge in [-0.3, -0.25) is 4.99 Å². The molecule has 0 amide bonds. The molecule has 1 fully saturated rings. The van der Waals surface area contributed by atoms with Crippen LogP contribution in [0, 0.1) is 0 Å². The van der Waals surface area contributed by atoms with Crippen LogP contribution in [0.4, 0.5) is 0 Å². The van der Waals surface area contributed by atoms with E-state index in [1.54, 1.807) is 0 Å². The molecule has 3 N–H and O–H groups in total. The third kappa shape index (κ3) is 4.12. The number of hydrogen-bond donors (Lipinski definition) is 2. The van der Waals surface area contributed by atoms with Crippen LogP contribution in [0.25, 0.3) is 0 Å². The predicted octanol–water partition coefficient (Wildman–Crippen LogP) is 0.00320. The minimum atomic E-state index is 0.444. The fourth-order valence-corrected chi connectivity index (χ4v) is 0.876. The summed E-state index contributed by atoms with van der Waals surface area (Å²) in [4.78, 5) is 6.40. The van der Waals surface area contributed by atoms with Gasteiger partial charge in [0, 0.05) is 12.1 Å². The molecule has 1 rings (SSSR count). The number of guanidine groups is 1. The van der Waals surface area contributed by atoms with E-state index in [9.17, 15) is 0 Å². The fourth-order valence-electron chi connectivity index (χ4n) is 0.876. The van der Waals surface area contributed by atoms with Gasteiger partial charge in [0.2, 0.25) is 0 Å². The molecule has 76 valence electrons. The molecule has 0 aliphatic heterocycles. The van der Waals surface area contributed by atoms with E-state index >= 15 is 0 Å². The molecule has 1 saturated carbocycles. The number of nitrogens with two attached hydrogens (primary N) is 1. The Bertz CT molecular complexity index is 184. The van der Waals surface area contributed by atoms with Gasteiger partial charge in [-0.25, -0.2) is 0 Å². The Kier molecular flexibility index (Phi) is 3.54. The molecule has 0 saturated heterocycles. The van der Waals surface area contributed by atoms with Crippen LogP contribution in [-0.4, -0.2) is 43.6 Å². The van der Waals surface area contributed by atoms with E-state index in [1.807, 2.05) is 14.1 Å². The van der Waals surface area contributed by atoms with Gasteiger partial charge in [-0.2, -0.15) is 0 Å². The van der Waals surface area contributed by atoms with Crippen molar-refractivity contribution in [1.29, 1.82) is 0 Å². The third-order valence-electron chi connectivity index (χ3n) is 2.34. The predicted molar refractivity (Wildman–Crippen MR) is 55.8 cm³/mol. The van der Waals surface area contributed by atoms with Crippen molar-refractivity contribution >= 4 is 5.96 Å². The largest absolute Gasteiger partial charge is 0.370 e. The highest BCUT2D eigenvalue weighted by atomic mass is 15.2. The van der Waals surface area contributed by atoms with Gasteiger partial charge in [0.15, 0.2) is 5.96 Å². The SMILES string of the molecule is CC(CN=C(N)NC1CC1)N(C)C. The molecule has 0 radical (unpaired) electrons. The maximum Gasteiger partial charge on any atom is 0.188 e. The number of hydrogen-bond acceptors (Lipinski definition) is 2. The van der Waals surface area contributed by atoms with E-state index in [1.165, 1.54) is 12.8 Å². The van der Waals surface area contributed by atoms with Gasteiger partial charge in [0.25, 0.3) is 0 Å². The Balaban J connectivity index is 2.20. The van der Waals surface area contributed by atoms with Crippen LogP contribution >= 0.6 is 0 Å². The monoisotopic (exact) mass is 184 g/mol. The molecule has 0 aromatic carbocycles. The van der Waals surface area contributed by atoms with Crippen molar-refractivity contribution in [2.45, 2.75) is 31.8 Å². The summed E-state index contributed by atoms with van der Waals surface area (Å²) < 4.78 is 0. The molecule has 1 aliphatic carbocycles. The van der Waals surface area contributed by atoms with Crippen LogP contribution in [0.1, 0.15) is 19.8 Å². The average Bonchev–Trinajstić information content (AvgIpc) is 2.83. The average molecular weight is 184 g/mol. The van der Waals surface area contributed by atoms with Gasteiger partial charge in [0.05, 0.1) is 6.54 Å². The van der Waals surface area contributed by atoms with Crippen molar-refractivity contribution in [3.05, 3.63) is 0 Å². The minimum absolute atomic E-state index is 0.444. The first-order chi connectivity index (χ1) is 6.09. The first-order valence-corrected chi connectivity index (χ1v) is 4.82. The normalized spacial score (nSPS) is 20.5. The summed E-state index contributed by atoms with van der Waals surface area (Å²) in [5, 5.41) is 3.16. The van der Waals surface area contributed by atoms with E-state index in [2.05, 4.69) is 22.1 Å². The number of aliphatic imine (C=N–C) groups is 1. The molecule has 13 heavy (non-hydrogen) atoms. The zero-order chi connectivity index (χ0) is 9.84. The maximum atomic E-state index is 5.68. The number of nitrogens with one attached hydrogen (secondary N) is 1. The van der Waals surface area contributed by atoms with Crippen molar-refractivity contribution in [3.8, 4) is 0 Å². The van der Waals surface area contributed by atoms with Crippen LogP contribution in [-0.2, 0) is 0 Å². The number of nitrogens with zero attached hydrogens (tertiary/aromatic N) is 2. The summed E-state index contributed by atoms with van der Waals surface area (Å²) in [7, 11) is 4.09.